The summed E-state index contributed by atoms with van der Waals surface area (Å²) in [6, 6.07) is 19.7. The first-order chi connectivity index (χ1) is 13.3. The van der Waals surface area contributed by atoms with Crippen LogP contribution < -0.4 is 14.8 Å². The highest BCUT2D eigenvalue weighted by Crippen LogP contribution is 2.36. The quantitative estimate of drug-likeness (QED) is 0.702. The first kappa shape index (κ1) is 17.7. The SMILES string of the molecule is CCOc1cccc(OC2CNCCC2c2cccc3c(O)cccc23)c1. The third-order valence-electron chi connectivity index (χ3n) is 5.16. The first-order valence-corrected chi connectivity index (χ1v) is 9.57. The number of hydrogen-bond acceptors (Lipinski definition) is 4. The Balaban J connectivity index is 1.66. The number of fused-ring (bicyclic) bond motifs is 1. The Morgan fingerprint density at radius 1 is 1.00 bits per heavy atom. The molecule has 4 heteroatoms. The second kappa shape index (κ2) is 7.89. The van der Waals surface area contributed by atoms with Gasteiger partial charge >= 0.3 is 0 Å². The normalized spacial score (nSPS) is 19.7. The molecule has 0 saturated carbocycles. The molecule has 2 N–H and O–H groups in total. The molecule has 0 aromatic heterocycles. The molecule has 1 heterocycles. The van der Waals surface area contributed by atoms with Crippen LogP contribution in [0.2, 0.25) is 0 Å². The number of phenols is 1. The van der Waals surface area contributed by atoms with Crippen LogP contribution in [0.5, 0.6) is 17.2 Å². The van der Waals surface area contributed by atoms with E-state index in [0.717, 1.165) is 41.8 Å². The van der Waals surface area contributed by atoms with Gasteiger partial charge in [-0.05, 0) is 49.0 Å². The number of aromatic hydroxyl groups is 1. The summed E-state index contributed by atoms with van der Waals surface area (Å²) in [5, 5.41) is 15.7. The van der Waals surface area contributed by atoms with Gasteiger partial charge in [0.15, 0.2) is 0 Å². The van der Waals surface area contributed by atoms with Crippen molar-refractivity contribution in [1.82, 2.24) is 5.32 Å². The van der Waals surface area contributed by atoms with Crippen LogP contribution in [0.1, 0.15) is 24.8 Å². The summed E-state index contributed by atoms with van der Waals surface area (Å²) >= 11 is 0. The van der Waals surface area contributed by atoms with Crippen molar-refractivity contribution in [3.8, 4) is 17.2 Å². The monoisotopic (exact) mass is 363 g/mol. The molecule has 1 aliphatic rings. The molecule has 140 valence electrons. The zero-order valence-corrected chi connectivity index (χ0v) is 15.5. The summed E-state index contributed by atoms with van der Waals surface area (Å²) in [5.41, 5.74) is 1.23. The molecule has 3 aromatic carbocycles. The van der Waals surface area contributed by atoms with Crippen LogP contribution >= 0.6 is 0 Å². The van der Waals surface area contributed by atoms with Gasteiger partial charge in [0.05, 0.1) is 6.61 Å². The van der Waals surface area contributed by atoms with Gasteiger partial charge in [0, 0.05) is 23.9 Å². The average molecular weight is 363 g/mol. The van der Waals surface area contributed by atoms with Gasteiger partial charge in [-0.15, -0.1) is 0 Å². The molecule has 0 aliphatic carbocycles. The van der Waals surface area contributed by atoms with Crippen molar-refractivity contribution in [3.63, 3.8) is 0 Å². The van der Waals surface area contributed by atoms with Gasteiger partial charge in [-0.2, -0.15) is 0 Å². The molecular weight excluding hydrogens is 338 g/mol. The fourth-order valence-corrected chi connectivity index (χ4v) is 3.93. The first-order valence-electron chi connectivity index (χ1n) is 9.57. The predicted molar refractivity (Wildman–Crippen MR) is 108 cm³/mol. The number of nitrogens with one attached hydrogen (secondary N) is 1. The minimum atomic E-state index is 0.0172. The van der Waals surface area contributed by atoms with E-state index in [4.69, 9.17) is 9.47 Å². The fraction of sp³-hybridized carbons (Fsp3) is 0.304. The molecule has 4 rings (SSSR count). The molecule has 1 aliphatic heterocycles. The Bertz CT molecular complexity index is 924. The number of hydrogen-bond donors (Lipinski definition) is 2. The lowest BCUT2D eigenvalue weighted by atomic mass is 9.84. The summed E-state index contributed by atoms with van der Waals surface area (Å²) in [5.74, 6) is 2.23. The van der Waals surface area contributed by atoms with Gasteiger partial charge in [-0.25, -0.2) is 0 Å². The van der Waals surface area contributed by atoms with E-state index in [0.29, 0.717) is 12.4 Å². The standard InChI is InChI=1S/C23H25NO3/c1-2-26-16-6-3-7-17(14-16)27-23-15-24-13-12-21(23)19-8-4-10-20-18(19)9-5-11-22(20)25/h3-11,14,21,23-25H,2,12-13,15H2,1H3. The van der Waals surface area contributed by atoms with Crippen LogP contribution in [0.4, 0.5) is 0 Å². The molecule has 1 saturated heterocycles. The van der Waals surface area contributed by atoms with Crippen LogP contribution in [0.15, 0.2) is 60.7 Å². The van der Waals surface area contributed by atoms with Crippen LogP contribution in [0.3, 0.4) is 0 Å². The highest BCUT2D eigenvalue weighted by atomic mass is 16.5. The Hall–Kier alpha value is -2.72. The maximum absolute atomic E-state index is 10.2. The maximum Gasteiger partial charge on any atom is 0.123 e. The predicted octanol–water partition coefficient (Wildman–Crippen LogP) is 4.47. The van der Waals surface area contributed by atoms with Gasteiger partial charge in [-0.3, -0.25) is 0 Å². The fourth-order valence-electron chi connectivity index (χ4n) is 3.93. The van der Waals surface area contributed by atoms with Crippen molar-refractivity contribution in [2.75, 3.05) is 19.7 Å². The number of ether oxygens (including phenoxy) is 2. The van der Waals surface area contributed by atoms with Crippen molar-refractivity contribution < 1.29 is 14.6 Å². The largest absolute Gasteiger partial charge is 0.507 e. The van der Waals surface area contributed by atoms with E-state index in [1.54, 1.807) is 6.07 Å². The lowest BCUT2D eigenvalue weighted by Crippen LogP contribution is -2.42. The lowest BCUT2D eigenvalue weighted by Gasteiger charge is -2.33. The van der Waals surface area contributed by atoms with E-state index in [2.05, 4.69) is 17.4 Å². The summed E-state index contributed by atoms with van der Waals surface area (Å²) in [6.07, 6.45) is 1.01. The zero-order valence-electron chi connectivity index (χ0n) is 15.5. The van der Waals surface area contributed by atoms with Crippen LogP contribution in [0.25, 0.3) is 10.8 Å². The van der Waals surface area contributed by atoms with Crippen LogP contribution in [0, 0.1) is 0 Å². The average Bonchev–Trinajstić information content (AvgIpc) is 2.69. The lowest BCUT2D eigenvalue weighted by molar-refractivity contribution is 0.142. The molecule has 0 radical (unpaired) electrons. The second-order valence-electron chi connectivity index (χ2n) is 6.88. The summed E-state index contributed by atoms with van der Waals surface area (Å²) in [6.45, 7) is 4.36. The topological polar surface area (TPSA) is 50.7 Å². The molecule has 1 fully saturated rings. The van der Waals surface area contributed by atoms with Crippen molar-refractivity contribution in [1.29, 1.82) is 0 Å². The minimum Gasteiger partial charge on any atom is -0.507 e. The molecule has 0 spiro atoms. The Kier molecular flexibility index (Phi) is 5.16. The molecule has 0 amide bonds. The molecular formula is C23H25NO3. The summed E-state index contributed by atoms with van der Waals surface area (Å²) in [4.78, 5) is 0. The van der Waals surface area contributed by atoms with Crippen LogP contribution in [-0.4, -0.2) is 30.9 Å². The summed E-state index contributed by atoms with van der Waals surface area (Å²) < 4.78 is 12.0. The van der Waals surface area contributed by atoms with Gasteiger partial charge in [0.2, 0.25) is 0 Å². The molecule has 0 bridgehead atoms. The van der Waals surface area contributed by atoms with E-state index >= 15 is 0 Å². The van der Waals surface area contributed by atoms with Crippen molar-refractivity contribution >= 4 is 10.8 Å². The molecule has 2 atom stereocenters. The van der Waals surface area contributed by atoms with Gasteiger partial charge < -0.3 is 19.9 Å². The van der Waals surface area contributed by atoms with Gasteiger partial charge in [0.25, 0.3) is 0 Å². The molecule has 27 heavy (non-hydrogen) atoms. The third-order valence-corrected chi connectivity index (χ3v) is 5.16. The Morgan fingerprint density at radius 3 is 2.67 bits per heavy atom. The minimum absolute atomic E-state index is 0.0172. The van der Waals surface area contributed by atoms with E-state index < -0.39 is 0 Å². The third kappa shape index (κ3) is 3.71. The summed E-state index contributed by atoms with van der Waals surface area (Å²) in [7, 11) is 0. The Morgan fingerprint density at radius 2 is 1.78 bits per heavy atom. The van der Waals surface area contributed by atoms with E-state index in [1.165, 1.54) is 5.56 Å². The van der Waals surface area contributed by atoms with E-state index in [-0.39, 0.29) is 12.0 Å². The smallest absolute Gasteiger partial charge is 0.123 e. The van der Waals surface area contributed by atoms with Crippen molar-refractivity contribution in [2.24, 2.45) is 0 Å². The highest BCUT2D eigenvalue weighted by molar-refractivity contribution is 5.91. The van der Waals surface area contributed by atoms with E-state index in [9.17, 15) is 5.11 Å². The number of phenolic OH excluding ortho intramolecular Hbond substituents is 1. The number of piperidine rings is 1. The Labute approximate surface area is 159 Å². The van der Waals surface area contributed by atoms with Crippen LogP contribution in [-0.2, 0) is 0 Å². The maximum atomic E-state index is 10.2. The zero-order chi connectivity index (χ0) is 18.6. The van der Waals surface area contributed by atoms with E-state index in [1.807, 2.05) is 49.4 Å². The van der Waals surface area contributed by atoms with Gasteiger partial charge in [-0.1, -0.05) is 36.4 Å². The highest BCUT2D eigenvalue weighted by Gasteiger charge is 2.29. The number of rotatable bonds is 5. The molecule has 3 aromatic rings. The molecule has 4 nitrogen and oxygen atoms in total. The second-order valence-corrected chi connectivity index (χ2v) is 6.88. The van der Waals surface area contributed by atoms with Crippen molar-refractivity contribution in [3.05, 3.63) is 66.2 Å². The van der Waals surface area contributed by atoms with Gasteiger partial charge in [0.1, 0.15) is 23.4 Å². The van der Waals surface area contributed by atoms with Crippen molar-refractivity contribution in [2.45, 2.75) is 25.4 Å². The number of benzene rings is 3. The molecule has 2 unspecified atom stereocenters.